The van der Waals surface area contributed by atoms with Crippen molar-refractivity contribution in [1.29, 1.82) is 5.26 Å². The third-order valence-corrected chi connectivity index (χ3v) is 7.54. The Labute approximate surface area is 182 Å². The van der Waals surface area contributed by atoms with Gasteiger partial charge in [-0.2, -0.15) is 10.4 Å². The largest absolute Gasteiger partial charge is 0.493 e. The van der Waals surface area contributed by atoms with Gasteiger partial charge in [0, 0.05) is 34.3 Å². The van der Waals surface area contributed by atoms with Gasteiger partial charge in [0.05, 0.1) is 42.1 Å². The molecule has 31 heavy (non-hydrogen) atoms. The van der Waals surface area contributed by atoms with Crippen molar-refractivity contribution in [1.82, 2.24) is 14.8 Å². The van der Waals surface area contributed by atoms with Crippen LogP contribution >= 0.6 is 0 Å². The third-order valence-electron chi connectivity index (χ3n) is 7.54. The van der Waals surface area contributed by atoms with Crippen LogP contribution in [0.25, 0.3) is 16.6 Å². The van der Waals surface area contributed by atoms with Gasteiger partial charge in [0.1, 0.15) is 5.75 Å². The van der Waals surface area contributed by atoms with Gasteiger partial charge in [-0.15, -0.1) is 0 Å². The van der Waals surface area contributed by atoms with Crippen molar-refractivity contribution in [2.24, 2.45) is 5.92 Å². The molecule has 0 amide bonds. The summed E-state index contributed by atoms with van der Waals surface area (Å²) in [6, 6.07) is 10.6. The van der Waals surface area contributed by atoms with Crippen molar-refractivity contribution in [2.45, 2.75) is 63.4 Å². The monoisotopic (exact) mass is 416 g/mol. The van der Waals surface area contributed by atoms with Crippen LogP contribution in [-0.2, 0) is 5.41 Å². The van der Waals surface area contributed by atoms with Crippen LogP contribution in [0, 0.1) is 24.2 Å². The molecule has 6 nitrogen and oxygen atoms in total. The predicted molar refractivity (Wildman–Crippen MR) is 118 cm³/mol. The highest BCUT2D eigenvalue weighted by molar-refractivity contribution is 5.83. The predicted octanol–water partition coefficient (Wildman–Crippen LogP) is 4.60. The van der Waals surface area contributed by atoms with Crippen LogP contribution in [0.5, 0.6) is 5.75 Å². The highest BCUT2D eigenvalue weighted by Crippen LogP contribution is 2.55. The van der Waals surface area contributed by atoms with E-state index in [2.05, 4.69) is 35.2 Å². The number of aromatic nitrogens is 3. The SMILES string of the molecule is CC[C@@]12CC[C@](O)(CC#N)C[C@@H]1CCOc1cc3c(cnn3-c3ccnc(C)c3)cc12. The number of nitrogens with zero attached hydrogens (tertiary/aromatic N) is 4. The number of ether oxygens (including phenoxy) is 1. The summed E-state index contributed by atoms with van der Waals surface area (Å²) in [5.41, 5.74) is 3.26. The Kier molecular flexibility index (Phi) is 4.75. The van der Waals surface area contributed by atoms with E-state index in [1.807, 2.05) is 29.9 Å². The zero-order valence-electron chi connectivity index (χ0n) is 18.1. The number of hydrogen-bond acceptors (Lipinski definition) is 5. The topological polar surface area (TPSA) is 84.0 Å². The van der Waals surface area contributed by atoms with E-state index in [0.717, 1.165) is 47.3 Å². The molecule has 0 spiro atoms. The van der Waals surface area contributed by atoms with E-state index in [-0.39, 0.29) is 11.8 Å². The normalized spacial score (nSPS) is 27.6. The summed E-state index contributed by atoms with van der Waals surface area (Å²) in [6.45, 7) is 4.84. The Morgan fingerprint density at radius 2 is 2.19 bits per heavy atom. The van der Waals surface area contributed by atoms with E-state index < -0.39 is 5.60 Å². The van der Waals surface area contributed by atoms with Crippen LogP contribution < -0.4 is 4.74 Å². The third kappa shape index (κ3) is 3.19. The molecule has 0 bridgehead atoms. The molecule has 160 valence electrons. The van der Waals surface area contributed by atoms with Crippen molar-refractivity contribution in [3.63, 3.8) is 0 Å². The Morgan fingerprint density at radius 1 is 1.32 bits per heavy atom. The second kappa shape index (κ2) is 7.35. The van der Waals surface area contributed by atoms with Crippen LogP contribution in [0.3, 0.4) is 0 Å². The van der Waals surface area contributed by atoms with Gasteiger partial charge in [-0.05, 0) is 63.1 Å². The summed E-state index contributed by atoms with van der Waals surface area (Å²) >= 11 is 0. The second-order valence-corrected chi connectivity index (χ2v) is 9.23. The molecule has 6 heteroatoms. The summed E-state index contributed by atoms with van der Waals surface area (Å²) in [5.74, 6) is 1.22. The Balaban J connectivity index is 1.62. The van der Waals surface area contributed by atoms with Gasteiger partial charge in [0.2, 0.25) is 0 Å². The van der Waals surface area contributed by atoms with E-state index in [1.54, 1.807) is 6.20 Å². The fourth-order valence-corrected chi connectivity index (χ4v) is 5.86. The summed E-state index contributed by atoms with van der Waals surface area (Å²) in [7, 11) is 0. The zero-order valence-corrected chi connectivity index (χ0v) is 18.1. The maximum Gasteiger partial charge on any atom is 0.125 e. The lowest BCUT2D eigenvalue weighted by Gasteiger charge is -2.49. The number of pyridine rings is 1. The maximum absolute atomic E-state index is 11.0. The first-order chi connectivity index (χ1) is 15.0. The first-order valence-electron chi connectivity index (χ1n) is 11.2. The molecule has 1 aromatic carbocycles. The molecule has 0 radical (unpaired) electrons. The lowest BCUT2D eigenvalue weighted by atomic mass is 9.56. The highest BCUT2D eigenvalue weighted by Gasteiger charge is 2.50. The second-order valence-electron chi connectivity index (χ2n) is 9.23. The minimum absolute atomic E-state index is 0.0446. The number of benzene rings is 1. The first-order valence-corrected chi connectivity index (χ1v) is 11.2. The number of aliphatic hydroxyl groups is 1. The molecule has 5 rings (SSSR count). The number of fused-ring (bicyclic) bond motifs is 4. The van der Waals surface area contributed by atoms with E-state index in [4.69, 9.17) is 4.74 Å². The number of rotatable bonds is 3. The van der Waals surface area contributed by atoms with Crippen LogP contribution in [0.1, 0.15) is 56.7 Å². The first kappa shape index (κ1) is 20.0. The molecular weight excluding hydrogens is 388 g/mol. The maximum atomic E-state index is 11.0. The summed E-state index contributed by atoms with van der Waals surface area (Å²) < 4.78 is 8.23. The quantitative estimate of drug-likeness (QED) is 0.674. The Morgan fingerprint density at radius 3 is 2.97 bits per heavy atom. The standard InChI is InChI=1S/C25H28N4O2/c1-3-25-7-6-24(30,8-9-26)15-19(25)5-11-31-23-14-22-18(13-21(23)25)16-28-29(22)20-4-10-27-17(2)12-20/h4,10,12-14,16,19,30H,3,5-8,11,15H2,1-2H3/t19-,24-,25+/m0/s1. The molecule has 1 saturated carbocycles. The fourth-order valence-electron chi connectivity index (χ4n) is 5.86. The van der Waals surface area contributed by atoms with Crippen molar-refractivity contribution < 1.29 is 9.84 Å². The van der Waals surface area contributed by atoms with Crippen molar-refractivity contribution in [2.75, 3.05) is 6.61 Å². The van der Waals surface area contributed by atoms with Crippen molar-refractivity contribution in [3.8, 4) is 17.5 Å². The van der Waals surface area contributed by atoms with Gasteiger partial charge in [0.15, 0.2) is 0 Å². The average Bonchev–Trinajstić information content (AvgIpc) is 3.10. The molecule has 0 unspecified atom stereocenters. The molecule has 0 saturated heterocycles. The number of hydrogen-bond donors (Lipinski definition) is 1. The van der Waals surface area contributed by atoms with E-state index in [1.165, 1.54) is 5.56 Å². The van der Waals surface area contributed by atoms with Crippen molar-refractivity contribution >= 4 is 10.9 Å². The highest BCUT2D eigenvalue weighted by atomic mass is 16.5. The van der Waals surface area contributed by atoms with Crippen LogP contribution in [0.2, 0.25) is 0 Å². The molecular formula is C25H28N4O2. The molecule has 2 aliphatic rings. The van der Waals surface area contributed by atoms with E-state index in [9.17, 15) is 10.4 Å². The zero-order chi connectivity index (χ0) is 21.6. The van der Waals surface area contributed by atoms with Gasteiger partial charge in [-0.25, -0.2) is 4.68 Å². The van der Waals surface area contributed by atoms with Crippen LogP contribution in [0.15, 0.2) is 36.7 Å². The number of nitriles is 1. The lowest BCUT2D eigenvalue weighted by Crippen LogP contribution is -2.47. The van der Waals surface area contributed by atoms with Gasteiger partial charge in [-0.3, -0.25) is 4.98 Å². The minimum Gasteiger partial charge on any atom is -0.493 e. The van der Waals surface area contributed by atoms with Crippen LogP contribution in [-0.4, -0.2) is 32.1 Å². The Hall–Kier alpha value is -2.91. The average molecular weight is 417 g/mol. The molecule has 1 aliphatic carbocycles. The van der Waals surface area contributed by atoms with Gasteiger partial charge >= 0.3 is 0 Å². The summed E-state index contributed by atoms with van der Waals surface area (Å²) in [6.07, 6.45) is 7.98. The lowest BCUT2D eigenvalue weighted by molar-refractivity contribution is -0.0447. The summed E-state index contributed by atoms with van der Waals surface area (Å²) in [5, 5.41) is 25.9. The minimum atomic E-state index is -0.878. The molecule has 2 aromatic heterocycles. The number of aryl methyl sites for hydroxylation is 1. The van der Waals surface area contributed by atoms with Gasteiger partial charge in [0.25, 0.3) is 0 Å². The molecule has 1 aliphatic heterocycles. The molecule has 3 atom stereocenters. The Bertz CT molecular complexity index is 1180. The summed E-state index contributed by atoms with van der Waals surface area (Å²) in [4.78, 5) is 4.30. The van der Waals surface area contributed by atoms with Crippen molar-refractivity contribution in [3.05, 3.63) is 47.9 Å². The molecule has 1 fully saturated rings. The molecule has 3 aromatic rings. The smallest absolute Gasteiger partial charge is 0.125 e. The molecule has 1 N–H and O–H groups in total. The fraction of sp³-hybridized carbons (Fsp3) is 0.480. The van der Waals surface area contributed by atoms with Crippen LogP contribution in [0.4, 0.5) is 0 Å². The molecule has 3 heterocycles. The van der Waals surface area contributed by atoms with Gasteiger partial charge in [-0.1, -0.05) is 6.92 Å². The van der Waals surface area contributed by atoms with Gasteiger partial charge < -0.3 is 9.84 Å². The van der Waals surface area contributed by atoms with E-state index >= 15 is 0 Å². The van der Waals surface area contributed by atoms with E-state index in [0.29, 0.717) is 25.4 Å².